The summed E-state index contributed by atoms with van der Waals surface area (Å²) < 4.78 is 0. The van der Waals surface area contributed by atoms with E-state index in [2.05, 4.69) is 11.8 Å². The molecule has 2 nitrogen and oxygen atoms in total. The van der Waals surface area contributed by atoms with Crippen molar-refractivity contribution in [1.82, 2.24) is 4.90 Å². The van der Waals surface area contributed by atoms with Crippen molar-refractivity contribution in [3.63, 3.8) is 0 Å². The van der Waals surface area contributed by atoms with Gasteiger partial charge in [-0.1, -0.05) is 13.3 Å². The van der Waals surface area contributed by atoms with E-state index in [0.717, 1.165) is 12.8 Å². The van der Waals surface area contributed by atoms with Gasteiger partial charge >= 0.3 is 0 Å². The number of ketones is 1. The fourth-order valence-corrected chi connectivity index (χ4v) is 2.51. The molecule has 1 atom stereocenters. The van der Waals surface area contributed by atoms with Crippen LogP contribution >= 0.6 is 0 Å². The highest BCUT2D eigenvalue weighted by atomic mass is 16.1. The van der Waals surface area contributed by atoms with Crippen molar-refractivity contribution in [2.75, 3.05) is 14.1 Å². The van der Waals surface area contributed by atoms with Crippen LogP contribution in [0.1, 0.15) is 39.5 Å². The summed E-state index contributed by atoms with van der Waals surface area (Å²) in [7, 11) is 4.07. The monoisotopic (exact) mass is 183 g/mol. The molecule has 76 valence electrons. The summed E-state index contributed by atoms with van der Waals surface area (Å²) in [6.45, 7) is 3.90. The lowest BCUT2D eigenvalue weighted by Crippen LogP contribution is -2.52. The first-order valence-corrected chi connectivity index (χ1v) is 5.24. The molecule has 13 heavy (non-hydrogen) atoms. The Balaban J connectivity index is 2.85. The molecule has 1 unspecified atom stereocenters. The smallest absolute Gasteiger partial charge is 0.150 e. The van der Waals surface area contributed by atoms with Crippen LogP contribution in [0.15, 0.2) is 0 Å². The Kier molecular flexibility index (Phi) is 3.12. The molecule has 1 rings (SSSR count). The van der Waals surface area contributed by atoms with Gasteiger partial charge in [-0.25, -0.2) is 0 Å². The maximum Gasteiger partial charge on any atom is 0.150 e. The van der Waals surface area contributed by atoms with Crippen LogP contribution in [0.5, 0.6) is 0 Å². The number of nitrogens with zero attached hydrogens (tertiary/aromatic N) is 1. The van der Waals surface area contributed by atoms with Gasteiger partial charge < -0.3 is 0 Å². The standard InChI is InChI=1S/C11H21NO/c1-5-8-11(9(2)13,12(3)4)10-6-7-10/h10H,5-8H2,1-4H3. The minimum Gasteiger partial charge on any atom is -0.298 e. The molecular formula is C11H21NO. The van der Waals surface area contributed by atoms with Crippen LogP contribution in [0.25, 0.3) is 0 Å². The summed E-state index contributed by atoms with van der Waals surface area (Å²) in [5.41, 5.74) is -0.144. The van der Waals surface area contributed by atoms with Crippen molar-refractivity contribution in [2.45, 2.75) is 45.1 Å². The maximum absolute atomic E-state index is 11.7. The van der Waals surface area contributed by atoms with Crippen LogP contribution in [-0.2, 0) is 4.79 Å². The van der Waals surface area contributed by atoms with Crippen molar-refractivity contribution in [1.29, 1.82) is 0 Å². The number of rotatable bonds is 5. The van der Waals surface area contributed by atoms with E-state index in [4.69, 9.17) is 0 Å². The molecule has 1 fully saturated rings. The lowest BCUT2D eigenvalue weighted by atomic mass is 9.83. The van der Waals surface area contributed by atoms with Gasteiger partial charge in [-0.05, 0) is 46.2 Å². The lowest BCUT2D eigenvalue weighted by molar-refractivity contribution is -0.129. The Bertz CT molecular complexity index is 192. The fraction of sp³-hybridized carbons (Fsp3) is 0.909. The molecule has 0 aromatic heterocycles. The second-order valence-corrected chi connectivity index (χ2v) is 4.40. The molecule has 2 heteroatoms. The minimum atomic E-state index is -0.144. The molecule has 0 bridgehead atoms. The largest absolute Gasteiger partial charge is 0.298 e. The second kappa shape index (κ2) is 3.79. The van der Waals surface area contributed by atoms with Crippen LogP contribution in [0.2, 0.25) is 0 Å². The first kappa shape index (κ1) is 10.7. The second-order valence-electron chi connectivity index (χ2n) is 4.40. The van der Waals surface area contributed by atoms with Gasteiger partial charge in [0.25, 0.3) is 0 Å². The first-order chi connectivity index (χ1) is 6.05. The van der Waals surface area contributed by atoms with Crippen LogP contribution in [-0.4, -0.2) is 30.3 Å². The van der Waals surface area contributed by atoms with E-state index in [0.29, 0.717) is 11.7 Å². The van der Waals surface area contributed by atoms with Crippen molar-refractivity contribution < 1.29 is 4.79 Å². The predicted octanol–water partition coefficient (Wildman–Crippen LogP) is 2.09. The third-order valence-electron chi connectivity index (χ3n) is 3.29. The Labute approximate surface area is 81.3 Å². The number of carbonyl (C=O) groups excluding carboxylic acids is 1. The zero-order valence-electron chi connectivity index (χ0n) is 9.26. The van der Waals surface area contributed by atoms with Crippen LogP contribution in [0, 0.1) is 5.92 Å². The van der Waals surface area contributed by atoms with Gasteiger partial charge in [0.05, 0.1) is 5.54 Å². The third kappa shape index (κ3) is 1.78. The average Bonchev–Trinajstić information content (AvgIpc) is 2.81. The van der Waals surface area contributed by atoms with Crippen molar-refractivity contribution in [3.05, 3.63) is 0 Å². The quantitative estimate of drug-likeness (QED) is 0.650. The molecule has 0 aliphatic heterocycles. The topological polar surface area (TPSA) is 20.3 Å². The number of hydrogen-bond acceptors (Lipinski definition) is 2. The predicted molar refractivity (Wildman–Crippen MR) is 54.7 cm³/mol. The van der Waals surface area contributed by atoms with Gasteiger partial charge in [-0.15, -0.1) is 0 Å². The number of Topliss-reactive ketones (excluding diaryl/α,β-unsaturated/α-hetero) is 1. The molecule has 1 aliphatic carbocycles. The SMILES string of the molecule is CCCC(C(C)=O)(C1CC1)N(C)C. The Hall–Kier alpha value is -0.370. The van der Waals surface area contributed by atoms with E-state index in [1.165, 1.54) is 12.8 Å². The zero-order valence-corrected chi connectivity index (χ0v) is 9.26. The molecule has 1 saturated carbocycles. The normalized spacial score (nSPS) is 21.6. The minimum absolute atomic E-state index is 0.144. The molecule has 0 N–H and O–H groups in total. The Morgan fingerprint density at radius 3 is 2.23 bits per heavy atom. The van der Waals surface area contributed by atoms with Crippen LogP contribution < -0.4 is 0 Å². The van der Waals surface area contributed by atoms with Crippen molar-refractivity contribution >= 4 is 5.78 Å². The Morgan fingerprint density at radius 2 is 2.00 bits per heavy atom. The highest BCUT2D eigenvalue weighted by Gasteiger charge is 2.49. The summed E-state index contributed by atoms with van der Waals surface area (Å²) in [5, 5.41) is 0. The summed E-state index contributed by atoms with van der Waals surface area (Å²) in [4.78, 5) is 13.9. The number of hydrogen-bond donors (Lipinski definition) is 0. The highest BCUT2D eigenvalue weighted by molar-refractivity contribution is 5.86. The van der Waals surface area contributed by atoms with Gasteiger partial charge in [-0.3, -0.25) is 9.69 Å². The summed E-state index contributed by atoms with van der Waals surface area (Å²) in [6.07, 6.45) is 4.57. The van der Waals surface area contributed by atoms with Gasteiger partial charge in [0.15, 0.2) is 0 Å². The summed E-state index contributed by atoms with van der Waals surface area (Å²) in [5.74, 6) is 0.974. The molecule has 1 aliphatic rings. The molecule has 0 aromatic carbocycles. The van der Waals surface area contributed by atoms with E-state index < -0.39 is 0 Å². The zero-order chi connectivity index (χ0) is 10.1. The van der Waals surface area contributed by atoms with E-state index >= 15 is 0 Å². The summed E-state index contributed by atoms with van der Waals surface area (Å²) in [6, 6.07) is 0. The van der Waals surface area contributed by atoms with Gasteiger partial charge in [0.2, 0.25) is 0 Å². The molecule has 0 saturated heterocycles. The van der Waals surface area contributed by atoms with E-state index in [-0.39, 0.29) is 5.54 Å². The third-order valence-corrected chi connectivity index (χ3v) is 3.29. The molecule has 0 spiro atoms. The van der Waals surface area contributed by atoms with Crippen molar-refractivity contribution in [3.8, 4) is 0 Å². The van der Waals surface area contributed by atoms with Crippen molar-refractivity contribution in [2.24, 2.45) is 5.92 Å². The summed E-state index contributed by atoms with van der Waals surface area (Å²) >= 11 is 0. The molecular weight excluding hydrogens is 162 g/mol. The van der Waals surface area contributed by atoms with Gasteiger partial charge in [-0.2, -0.15) is 0 Å². The number of carbonyl (C=O) groups is 1. The molecule has 0 aromatic rings. The molecule has 0 heterocycles. The molecule has 0 radical (unpaired) electrons. The molecule has 0 amide bonds. The van der Waals surface area contributed by atoms with E-state index in [9.17, 15) is 4.79 Å². The van der Waals surface area contributed by atoms with Crippen LogP contribution in [0.4, 0.5) is 0 Å². The van der Waals surface area contributed by atoms with Gasteiger partial charge in [0, 0.05) is 0 Å². The maximum atomic E-state index is 11.7. The fourth-order valence-electron chi connectivity index (χ4n) is 2.51. The highest BCUT2D eigenvalue weighted by Crippen LogP contribution is 2.45. The van der Waals surface area contributed by atoms with Crippen LogP contribution in [0.3, 0.4) is 0 Å². The number of likely N-dealkylation sites (N-methyl/N-ethyl adjacent to an activating group) is 1. The van der Waals surface area contributed by atoms with E-state index in [1.807, 2.05) is 14.1 Å². The van der Waals surface area contributed by atoms with Gasteiger partial charge in [0.1, 0.15) is 5.78 Å². The first-order valence-electron chi connectivity index (χ1n) is 5.24. The average molecular weight is 183 g/mol. The van der Waals surface area contributed by atoms with E-state index in [1.54, 1.807) is 6.92 Å². The Morgan fingerprint density at radius 1 is 1.46 bits per heavy atom. The lowest BCUT2D eigenvalue weighted by Gasteiger charge is -2.38.